The molecule has 6 nitrogen and oxygen atoms in total. The van der Waals surface area contributed by atoms with Gasteiger partial charge in [0.1, 0.15) is 0 Å². The second-order valence-corrected chi connectivity index (χ2v) is 9.47. The summed E-state index contributed by atoms with van der Waals surface area (Å²) >= 11 is 0. The summed E-state index contributed by atoms with van der Waals surface area (Å²) in [6, 6.07) is 0.166. The summed E-state index contributed by atoms with van der Waals surface area (Å²) < 4.78 is 0. The zero-order valence-electron chi connectivity index (χ0n) is 16.4. The number of halogens is 1. The Morgan fingerprint density at radius 2 is 1.70 bits per heavy atom. The second-order valence-electron chi connectivity index (χ2n) is 9.47. The minimum atomic E-state index is -0.0880. The van der Waals surface area contributed by atoms with Crippen LogP contribution in [0.4, 0.5) is 4.79 Å². The molecule has 2 atom stereocenters. The van der Waals surface area contributed by atoms with Crippen molar-refractivity contribution in [1.82, 2.24) is 21.3 Å². The van der Waals surface area contributed by atoms with Crippen molar-refractivity contribution in [1.29, 1.82) is 0 Å². The third-order valence-electron chi connectivity index (χ3n) is 7.19. The molecule has 1 heterocycles. The van der Waals surface area contributed by atoms with Crippen LogP contribution in [0.25, 0.3) is 0 Å². The van der Waals surface area contributed by atoms with Crippen molar-refractivity contribution < 1.29 is 9.59 Å². The molecule has 4 N–H and O–H groups in total. The highest BCUT2D eigenvalue weighted by molar-refractivity contribution is 5.85. The number of hydrogen-bond acceptors (Lipinski definition) is 3. The Morgan fingerprint density at radius 3 is 2.30 bits per heavy atom. The number of carbonyl (C=O) groups is 2. The summed E-state index contributed by atoms with van der Waals surface area (Å²) in [6.45, 7) is 4.48. The number of rotatable bonds is 5. The largest absolute Gasteiger partial charge is 0.353 e. The standard InChI is InChI=1S/C20H34N4O2.ClH/c1-13-12-21-4-2-17(13)23-18(25)3-5-22-19(26)24-20-9-14-6-15(10-20)8-16(7-14)11-20;/h13-17,21H,2-12H2,1H3,(H,23,25)(H2,22,24,26);1H. The van der Waals surface area contributed by atoms with Gasteiger partial charge < -0.3 is 21.3 Å². The molecule has 4 saturated carbocycles. The predicted octanol–water partition coefficient (Wildman–Crippen LogP) is 2.18. The van der Waals surface area contributed by atoms with Crippen molar-refractivity contribution >= 4 is 24.3 Å². The zero-order valence-corrected chi connectivity index (χ0v) is 17.2. The molecule has 0 aromatic carbocycles. The molecule has 4 bridgehead atoms. The highest BCUT2D eigenvalue weighted by Gasteiger charge is 2.51. The van der Waals surface area contributed by atoms with Gasteiger partial charge in [-0.15, -0.1) is 12.4 Å². The Hall–Kier alpha value is -1.01. The minimum Gasteiger partial charge on any atom is -0.353 e. The van der Waals surface area contributed by atoms with Gasteiger partial charge in [0.15, 0.2) is 0 Å². The van der Waals surface area contributed by atoms with Gasteiger partial charge in [-0.25, -0.2) is 4.79 Å². The molecule has 0 aromatic rings. The molecule has 27 heavy (non-hydrogen) atoms. The van der Waals surface area contributed by atoms with Gasteiger partial charge in [-0.2, -0.15) is 0 Å². The maximum Gasteiger partial charge on any atom is 0.315 e. The van der Waals surface area contributed by atoms with Gasteiger partial charge in [0.05, 0.1) is 0 Å². The van der Waals surface area contributed by atoms with Crippen molar-refractivity contribution in [2.45, 2.75) is 69.9 Å². The molecule has 7 heteroatoms. The Morgan fingerprint density at radius 1 is 1.07 bits per heavy atom. The molecular formula is C20H35ClN4O2. The molecule has 2 unspecified atom stereocenters. The van der Waals surface area contributed by atoms with E-state index in [1.54, 1.807) is 0 Å². The van der Waals surface area contributed by atoms with Crippen LogP contribution in [0.5, 0.6) is 0 Å². The van der Waals surface area contributed by atoms with Gasteiger partial charge in [-0.05, 0) is 81.7 Å². The SMILES string of the molecule is CC1CNCCC1NC(=O)CCNC(=O)NC12CC3CC(CC(C3)C1)C2.Cl. The summed E-state index contributed by atoms with van der Waals surface area (Å²) in [7, 11) is 0. The maximum atomic E-state index is 12.4. The van der Waals surface area contributed by atoms with Gasteiger partial charge in [0, 0.05) is 24.5 Å². The van der Waals surface area contributed by atoms with Crippen LogP contribution in [-0.4, -0.2) is 43.2 Å². The Labute approximate surface area is 168 Å². The molecule has 4 aliphatic carbocycles. The molecule has 0 spiro atoms. The molecular weight excluding hydrogens is 364 g/mol. The van der Waals surface area contributed by atoms with Gasteiger partial charge >= 0.3 is 6.03 Å². The van der Waals surface area contributed by atoms with Crippen LogP contribution in [0.3, 0.4) is 0 Å². The fraction of sp³-hybridized carbons (Fsp3) is 0.900. The molecule has 3 amide bonds. The number of urea groups is 1. The van der Waals surface area contributed by atoms with Gasteiger partial charge in [-0.3, -0.25) is 4.79 Å². The van der Waals surface area contributed by atoms with Crippen molar-refractivity contribution in [3.63, 3.8) is 0 Å². The van der Waals surface area contributed by atoms with Crippen molar-refractivity contribution in [3.05, 3.63) is 0 Å². The van der Waals surface area contributed by atoms with Gasteiger partial charge in [-0.1, -0.05) is 6.92 Å². The van der Waals surface area contributed by atoms with E-state index in [1.807, 2.05) is 0 Å². The molecule has 5 rings (SSSR count). The van der Waals surface area contributed by atoms with E-state index in [1.165, 1.54) is 19.3 Å². The van der Waals surface area contributed by atoms with Crippen LogP contribution in [0.1, 0.15) is 58.3 Å². The lowest BCUT2D eigenvalue weighted by Crippen LogP contribution is -2.61. The summed E-state index contributed by atoms with van der Waals surface area (Å²) in [6.07, 6.45) is 8.91. The van der Waals surface area contributed by atoms with E-state index in [9.17, 15) is 9.59 Å². The average Bonchev–Trinajstić information content (AvgIpc) is 2.55. The first-order valence-corrected chi connectivity index (χ1v) is 10.6. The van der Waals surface area contributed by atoms with E-state index in [4.69, 9.17) is 0 Å². The summed E-state index contributed by atoms with van der Waals surface area (Å²) in [5.74, 6) is 2.96. The second kappa shape index (κ2) is 8.56. The quantitative estimate of drug-likeness (QED) is 0.572. The van der Waals surface area contributed by atoms with Crippen LogP contribution in [0.15, 0.2) is 0 Å². The fourth-order valence-electron chi connectivity index (χ4n) is 6.35. The molecule has 1 aliphatic heterocycles. The van der Waals surface area contributed by atoms with Crippen LogP contribution in [0.2, 0.25) is 0 Å². The van der Waals surface area contributed by atoms with E-state index < -0.39 is 0 Å². The monoisotopic (exact) mass is 398 g/mol. The average molecular weight is 399 g/mol. The first-order chi connectivity index (χ1) is 12.5. The van der Waals surface area contributed by atoms with Crippen molar-refractivity contribution in [2.75, 3.05) is 19.6 Å². The van der Waals surface area contributed by atoms with Gasteiger partial charge in [0.25, 0.3) is 0 Å². The smallest absolute Gasteiger partial charge is 0.315 e. The summed E-state index contributed by atoms with van der Waals surface area (Å²) in [5, 5.41) is 12.7. The summed E-state index contributed by atoms with van der Waals surface area (Å²) in [5.41, 5.74) is 0.0334. The molecule has 154 valence electrons. The first-order valence-electron chi connectivity index (χ1n) is 10.6. The third kappa shape index (κ3) is 4.89. The number of amides is 3. The summed E-state index contributed by atoms with van der Waals surface area (Å²) in [4.78, 5) is 24.5. The number of carbonyl (C=O) groups excluding carboxylic acids is 2. The normalized spacial score (nSPS) is 39.4. The number of piperidine rings is 1. The molecule has 5 fully saturated rings. The highest BCUT2D eigenvalue weighted by Crippen LogP contribution is 2.55. The van der Waals surface area contributed by atoms with Crippen molar-refractivity contribution in [2.24, 2.45) is 23.7 Å². The molecule has 0 radical (unpaired) electrons. The molecule has 5 aliphatic rings. The van der Waals surface area contributed by atoms with Crippen molar-refractivity contribution in [3.8, 4) is 0 Å². The maximum absolute atomic E-state index is 12.4. The van der Waals surface area contributed by atoms with Crippen LogP contribution < -0.4 is 21.3 Å². The third-order valence-corrected chi connectivity index (χ3v) is 7.19. The number of nitrogens with one attached hydrogen (secondary N) is 4. The van der Waals surface area contributed by atoms with E-state index in [-0.39, 0.29) is 35.9 Å². The Balaban J connectivity index is 0.00000210. The van der Waals surface area contributed by atoms with E-state index in [0.29, 0.717) is 18.9 Å². The Bertz CT molecular complexity index is 521. The first kappa shape index (κ1) is 20.7. The lowest BCUT2D eigenvalue weighted by molar-refractivity contribution is -0.122. The van der Waals surface area contributed by atoms with Crippen LogP contribution in [-0.2, 0) is 4.79 Å². The minimum absolute atomic E-state index is 0. The van der Waals surface area contributed by atoms with Crippen LogP contribution in [0, 0.1) is 23.7 Å². The zero-order chi connectivity index (χ0) is 18.1. The molecule has 1 saturated heterocycles. The highest BCUT2D eigenvalue weighted by atomic mass is 35.5. The van der Waals surface area contributed by atoms with E-state index >= 15 is 0 Å². The van der Waals surface area contributed by atoms with E-state index in [2.05, 4.69) is 28.2 Å². The van der Waals surface area contributed by atoms with Gasteiger partial charge in [0.2, 0.25) is 5.91 Å². The lowest BCUT2D eigenvalue weighted by atomic mass is 9.53. The fourth-order valence-corrected chi connectivity index (χ4v) is 6.35. The van der Waals surface area contributed by atoms with Crippen LogP contribution >= 0.6 is 12.4 Å². The number of hydrogen-bond donors (Lipinski definition) is 4. The van der Waals surface area contributed by atoms with E-state index in [0.717, 1.165) is 56.5 Å². The predicted molar refractivity (Wildman–Crippen MR) is 108 cm³/mol. The Kier molecular flexibility index (Phi) is 6.57. The molecule has 0 aromatic heterocycles. The lowest BCUT2D eigenvalue weighted by Gasteiger charge is -2.56. The topological polar surface area (TPSA) is 82.3 Å².